The number of aromatic hydroxyl groups is 3. The van der Waals surface area contributed by atoms with Crippen molar-refractivity contribution in [3.63, 3.8) is 0 Å². The molecule has 3 aliphatic rings. The minimum absolute atomic E-state index is 0.0667. The number of nitrogens with zero attached hydrogens (tertiary/aromatic N) is 2. The van der Waals surface area contributed by atoms with Crippen LogP contribution >= 0.6 is 0 Å². The number of methoxy groups -OCH3 is 1. The average Bonchev–Trinajstić information content (AvgIpc) is 3.42. The summed E-state index contributed by atoms with van der Waals surface area (Å²) in [6, 6.07) is 0. The number of benzene rings is 2. The fraction of sp³-hybridized carbons (Fsp3) is 0.475. The van der Waals surface area contributed by atoms with Crippen LogP contribution in [0.1, 0.15) is 70.0 Å². The Balaban J connectivity index is 2.06. The van der Waals surface area contributed by atoms with E-state index in [0.717, 1.165) is 6.26 Å². The van der Waals surface area contributed by atoms with Gasteiger partial charge in [0.1, 0.15) is 28.9 Å². The van der Waals surface area contributed by atoms with Gasteiger partial charge in [-0.2, -0.15) is 0 Å². The topological polar surface area (TPSA) is 288 Å². The number of fused-ring (bicyclic) bond motifs is 14. The number of aliphatic hydroxyl groups is 2. The van der Waals surface area contributed by atoms with Gasteiger partial charge in [-0.25, -0.2) is 0 Å². The molecule has 320 valence electrons. The van der Waals surface area contributed by atoms with E-state index in [1.54, 1.807) is 33.8 Å². The number of Topliss-reactive ketones (excluding diaryl/α,β-unsaturated/α-hetero) is 1. The van der Waals surface area contributed by atoms with Crippen LogP contribution in [0.25, 0.3) is 16.3 Å². The second-order valence-electron chi connectivity index (χ2n) is 15.0. The third-order valence-corrected chi connectivity index (χ3v) is 10.9. The minimum atomic E-state index is -2.24. The molecule has 1 amide bonds. The Labute approximate surface area is 338 Å². The molecule has 0 saturated heterocycles. The van der Waals surface area contributed by atoms with Gasteiger partial charge in [-0.15, -0.1) is 0 Å². The summed E-state index contributed by atoms with van der Waals surface area (Å²) in [6.07, 6.45) is 2.67. The number of nitrogens with one attached hydrogen (secondary N) is 1. The number of rotatable bonds is 6. The maximum absolute atomic E-state index is 14.3. The highest BCUT2D eigenvalue weighted by atomic mass is 16.7. The Morgan fingerprint density at radius 3 is 2.19 bits per heavy atom. The Hall–Kier alpha value is -6.05. The molecule has 19 nitrogen and oxygen atoms in total. The van der Waals surface area contributed by atoms with Crippen molar-refractivity contribution in [2.24, 2.45) is 23.7 Å². The van der Waals surface area contributed by atoms with Crippen molar-refractivity contribution >= 4 is 39.7 Å². The number of nitro groups is 2. The lowest BCUT2D eigenvalue weighted by atomic mass is 9.78. The molecule has 5 bridgehead atoms. The average molecular weight is 828 g/mol. The number of esters is 1. The van der Waals surface area contributed by atoms with E-state index >= 15 is 0 Å². The van der Waals surface area contributed by atoms with E-state index in [4.69, 9.17) is 18.9 Å². The fourth-order valence-electron chi connectivity index (χ4n) is 7.49. The van der Waals surface area contributed by atoms with Gasteiger partial charge in [0.05, 0.1) is 51.7 Å². The summed E-state index contributed by atoms with van der Waals surface area (Å²) < 4.78 is 23.2. The second kappa shape index (κ2) is 17.8. The molecule has 0 aliphatic carbocycles. The lowest BCUT2D eigenvalue weighted by Gasteiger charge is -2.38. The number of hydrogen-bond acceptors (Lipinski definition) is 16. The zero-order valence-electron chi connectivity index (χ0n) is 33.9. The number of phenolic OH excluding ortho intramolecular Hbond substituents is 3. The molecule has 2 aromatic rings. The SMILES string of the molecule is CO[C@H]1C=CO[C@@]2(C)Oc3c(C)c(O)c4c(O)c(c(C(=C[N+](=O)[O-])C[N+](=O)[O-])c(O)c4c3C2=O)NC(=O)C(C)=CC=C[C@H](C)[C@H](O)[C@@H](C)[C@@H](O)[C@@H](C)[C@H](OC(C)=O)[C@@H]1C. The van der Waals surface area contributed by atoms with Crippen molar-refractivity contribution in [2.45, 2.75) is 85.6 Å². The predicted molar refractivity (Wildman–Crippen MR) is 211 cm³/mol. The summed E-state index contributed by atoms with van der Waals surface area (Å²) in [4.78, 5) is 61.8. The summed E-state index contributed by atoms with van der Waals surface area (Å²) in [5.41, 5.74) is -3.06. The molecule has 3 aliphatic heterocycles. The van der Waals surface area contributed by atoms with Crippen LogP contribution < -0.4 is 10.1 Å². The van der Waals surface area contributed by atoms with E-state index in [-0.39, 0.29) is 23.1 Å². The number of ketones is 1. The molecule has 6 N–H and O–H groups in total. The normalized spacial score (nSPS) is 28.2. The Morgan fingerprint density at radius 2 is 1.61 bits per heavy atom. The first kappa shape index (κ1) is 45.6. The number of anilines is 1. The lowest BCUT2D eigenvalue weighted by Crippen LogP contribution is -2.46. The monoisotopic (exact) mass is 827 g/mol. The van der Waals surface area contributed by atoms with E-state index < -0.39 is 138 Å². The van der Waals surface area contributed by atoms with E-state index in [1.165, 1.54) is 53.0 Å². The smallest absolute Gasteiger partial charge is 0.312 e. The van der Waals surface area contributed by atoms with Crippen molar-refractivity contribution in [1.82, 2.24) is 0 Å². The summed E-state index contributed by atoms with van der Waals surface area (Å²) in [5, 5.41) is 82.5. The molecule has 3 heterocycles. The highest BCUT2D eigenvalue weighted by molar-refractivity contribution is 6.23. The van der Waals surface area contributed by atoms with Gasteiger partial charge in [-0.3, -0.25) is 34.6 Å². The molecule has 0 aromatic heterocycles. The first-order valence-electron chi connectivity index (χ1n) is 18.5. The molecule has 0 unspecified atom stereocenters. The Kier molecular flexibility index (Phi) is 13.8. The minimum Gasteiger partial charge on any atom is -0.507 e. The number of allylic oxidation sites excluding steroid dienone is 2. The van der Waals surface area contributed by atoms with Crippen LogP contribution in [0.4, 0.5) is 5.69 Å². The van der Waals surface area contributed by atoms with Crippen LogP contribution in [-0.2, 0) is 23.8 Å². The molecule has 5 rings (SSSR count). The zero-order chi connectivity index (χ0) is 44.4. The second-order valence-corrected chi connectivity index (χ2v) is 15.0. The maximum atomic E-state index is 14.3. The number of phenols is 3. The maximum Gasteiger partial charge on any atom is 0.312 e. The van der Waals surface area contributed by atoms with Crippen molar-refractivity contribution < 1.29 is 68.7 Å². The van der Waals surface area contributed by atoms with Gasteiger partial charge in [-0.1, -0.05) is 45.9 Å². The zero-order valence-corrected chi connectivity index (χ0v) is 33.9. The quantitative estimate of drug-likeness (QED) is 0.0760. The van der Waals surface area contributed by atoms with Crippen LogP contribution in [-0.4, -0.2) is 96.9 Å². The van der Waals surface area contributed by atoms with Crippen LogP contribution in [0.2, 0.25) is 0 Å². The molecule has 0 radical (unpaired) electrons. The molecular formula is C40H49N3O16. The van der Waals surface area contributed by atoms with Gasteiger partial charge in [-0.05, 0) is 19.9 Å². The number of amides is 1. The number of aliphatic hydroxyl groups excluding tert-OH is 2. The molecule has 0 saturated carbocycles. The van der Waals surface area contributed by atoms with Gasteiger partial charge in [0.15, 0.2) is 5.75 Å². The lowest BCUT2D eigenvalue weighted by molar-refractivity contribution is -0.467. The molecule has 9 atom stereocenters. The summed E-state index contributed by atoms with van der Waals surface area (Å²) in [5.74, 6) is -10.9. The van der Waals surface area contributed by atoms with E-state index in [9.17, 15) is 60.1 Å². The first-order valence-corrected chi connectivity index (χ1v) is 18.5. The third kappa shape index (κ3) is 9.01. The van der Waals surface area contributed by atoms with Crippen molar-refractivity contribution in [2.75, 3.05) is 19.0 Å². The van der Waals surface area contributed by atoms with Crippen LogP contribution in [0, 0.1) is 50.8 Å². The van der Waals surface area contributed by atoms with Crippen LogP contribution in [0.5, 0.6) is 23.0 Å². The van der Waals surface area contributed by atoms with Crippen molar-refractivity contribution in [3.05, 3.63) is 79.3 Å². The molecule has 0 spiro atoms. The molecular weight excluding hydrogens is 778 g/mol. The van der Waals surface area contributed by atoms with Gasteiger partial charge in [0, 0.05) is 66.1 Å². The molecule has 59 heavy (non-hydrogen) atoms. The fourth-order valence-corrected chi connectivity index (χ4v) is 7.49. The largest absolute Gasteiger partial charge is 0.507 e. The first-order chi connectivity index (χ1) is 27.5. The van der Waals surface area contributed by atoms with Gasteiger partial charge in [0.2, 0.25) is 12.7 Å². The third-order valence-electron chi connectivity index (χ3n) is 10.9. The molecule has 2 aromatic carbocycles. The van der Waals surface area contributed by atoms with Crippen molar-refractivity contribution in [3.8, 4) is 23.0 Å². The van der Waals surface area contributed by atoms with E-state index in [1.807, 2.05) is 0 Å². The Bertz CT molecular complexity index is 2180. The summed E-state index contributed by atoms with van der Waals surface area (Å²) in [6.45, 7) is 10.4. The van der Waals surface area contributed by atoms with Gasteiger partial charge < -0.3 is 49.8 Å². The number of ether oxygens (including phenoxy) is 4. The van der Waals surface area contributed by atoms with Crippen LogP contribution in [0.15, 0.2) is 42.3 Å². The summed E-state index contributed by atoms with van der Waals surface area (Å²) >= 11 is 0. The van der Waals surface area contributed by atoms with E-state index in [0.29, 0.717) is 0 Å². The highest BCUT2D eigenvalue weighted by Crippen LogP contribution is 2.56. The van der Waals surface area contributed by atoms with Crippen molar-refractivity contribution in [1.29, 1.82) is 0 Å². The van der Waals surface area contributed by atoms with Gasteiger partial charge in [0.25, 0.3) is 11.7 Å². The van der Waals surface area contributed by atoms with Gasteiger partial charge >= 0.3 is 11.8 Å². The molecule has 0 fully saturated rings. The predicted octanol–water partition coefficient (Wildman–Crippen LogP) is 4.65. The standard InChI is InChI=1S/C40H49N3O16/c1-17-11-10-12-18(2)39(51)41-30-26(24(15-42(52)53)16-43(54)55)34(48)27-28(35(30)49)33(47)22(6)37-29(27)38(50)40(8,59-37)57-14-13-25(56-9)19(3)36(58-23(7)44)21(5)32(46)20(4)31(17)45/h10-15,17,19-21,25,31-32,36,45-49H,16H2,1-9H3,(H,41,51)/t17-,19+,20+,21+,25-,31-,32+,36+,40-/m0/s1. The highest BCUT2D eigenvalue weighted by Gasteiger charge is 2.50. The number of carbonyl (C=O) groups is 3. The van der Waals surface area contributed by atoms with Crippen LogP contribution in [0.3, 0.4) is 0 Å². The number of carbonyl (C=O) groups excluding carboxylic acids is 3. The number of hydrogen-bond donors (Lipinski definition) is 6. The summed E-state index contributed by atoms with van der Waals surface area (Å²) in [7, 11) is 1.36. The van der Waals surface area contributed by atoms with E-state index in [2.05, 4.69) is 5.32 Å². The Morgan fingerprint density at radius 1 is 0.966 bits per heavy atom. The molecule has 19 heteroatoms.